The molecule has 0 aliphatic heterocycles. The Hall–Kier alpha value is -3.47. The maximum absolute atomic E-state index is 14.0. The van der Waals surface area contributed by atoms with E-state index in [1.54, 1.807) is 18.2 Å². The summed E-state index contributed by atoms with van der Waals surface area (Å²) < 4.78 is 19.5. The third-order valence-electron chi connectivity index (χ3n) is 4.42. The van der Waals surface area contributed by atoms with Crippen LogP contribution in [0.3, 0.4) is 0 Å². The molecule has 0 fully saturated rings. The zero-order chi connectivity index (χ0) is 18.8. The van der Waals surface area contributed by atoms with Crippen LogP contribution in [-0.2, 0) is 11.2 Å². The van der Waals surface area contributed by atoms with Gasteiger partial charge in [0.2, 0.25) is 11.3 Å². The maximum Gasteiger partial charge on any atom is 0.224 e. The van der Waals surface area contributed by atoms with Crippen molar-refractivity contribution in [2.24, 2.45) is 0 Å². The molecule has 0 radical (unpaired) electrons. The van der Waals surface area contributed by atoms with Gasteiger partial charge in [-0.1, -0.05) is 36.4 Å². The summed E-state index contributed by atoms with van der Waals surface area (Å²) in [6.45, 7) is 0. The first-order chi connectivity index (χ1) is 13.1. The van der Waals surface area contributed by atoms with Crippen LogP contribution in [0.15, 0.2) is 75.9 Å². The van der Waals surface area contributed by atoms with Gasteiger partial charge in [-0.3, -0.25) is 9.59 Å². The molecule has 0 aliphatic carbocycles. The van der Waals surface area contributed by atoms with E-state index in [1.807, 2.05) is 30.3 Å². The number of para-hydroxylation sites is 1. The van der Waals surface area contributed by atoms with Crippen molar-refractivity contribution in [1.29, 1.82) is 0 Å². The van der Waals surface area contributed by atoms with Crippen LogP contribution in [0.2, 0.25) is 0 Å². The summed E-state index contributed by atoms with van der Waals surface area (Å²) in [4.78, 5) is 24.7. The fraction of sp³-hybridized carbons (Fsp3) is 0.0909. The fourth-order valence-corrected chi connectivity index (χ4v) is 3.04. The molecule has 0 spiro atoms. The highest BCUT2D eigenvalue weighted by Crippen LogP contribution is 2.23. The molecule has 27 heavy (non-hydrogen) atoms. The summed E-state index contributed by atoms with van der Waals surface area (Å²) in [5, 5.41) is 3.33. The Labute approximate surface area is 154 Å². The van der Waals surface area contributed by atoms with Crippen LogP contribution in [0, 0.1) is 5.82 Å². The molecule has 0 bridgehead atoms. The highest BCUT2D eigenvalue weighted by atomic mass is 19.1. The van der Waals surface area contributed by atoms with Gasteiger partial charge in [-0.25, -0.2) is 4.39 Å². The van der Waals surface area contributed by atoms with Crippen molar-refractivity contribution >= 4 is 33.5 Å². The number of carbonyl (C=O) groups is 1. The third-order valence-corrected chi connectivity index (χ3v) is 4.42. The molecule has 0 aliphatic rings. The lowest BCUT2D eigenvalue weighted by Crippen LogP contribution is -2.12. The molecule has 0 saturated heterocycles. The number of hydrogen-bond donors (Lipinski definition) is 1. The van der Waals surface area contributed by atoms with Gasteiger partial charge in [-0.2, -0.15) is 0 Å². The number of nitrogens with one attached hydrogen (secondary N) is 1. The fourth-order valence-electron chi connectivity index (χ4n) is 3.04. The zero-order valence-electron chi connectivity index (χ0n) is 14.4. The summed E-state index contributed by atoms with van der Waals surface area (Å²) >= 11 is 0. The lowest BCUT2D eigenvalue weighted by Gasteiger charge is -2.07. The molecule has 5 heteroatoms. The Morgan fingerprint density at radius 3 is 2.59 bits per heavy atom. The first-order valence-corrected chi connectivity index (χ1v) is 8.61. The minimum Gasteiger partial charge on any atom is -0.453 e. The van der Waals surface area contributed by atoms with E-state index in [-0.39, 0.29) is 27.9 Å². The van der Waals surface area contributed by atoms with Crippen molar-refractivity contribution in [3.8, 4) is 0 Å². The molecule has 1 N–H and O–H groups in total. The minimum absolute atomic E-state index is 0.0810. The molecule has 3 aromatic carbocycles. The van der Waals surface area contributed by atoms with Crippen LogP contribution in [0.4, 0.5) is 10.1 Å². The summed E-state index contributed by atoms with van der Waals surface area (Å²) in [5.41, 5.74) is 1.44. The van der Waals surface area contributed by atoms with Crippen LogP contribution in [0.5, 0.6) is 0 Å². The van der Waals surface area contributed by atoms with Crippen molar-refractivity contribution in [2.45, 2.75) is 12.8 Å². The van der Waals surface area contributed by atoms with Crippen molar-refractivity contribution in [1.82, 2.24) is 0 Å². The topological polar surface area (TPSA) is 59.3 Å². The Kier molecular flexibility index (Phi) is 4.42. The average Bonchev–Trinajstić information content (AvgIpc) is 2.68. The van der Waals surface area contributed by atoms with Gasteiger partial charge in [0.15, 0.2) is 11.4 Å². The van der Waals surface area contributed by atoms with Crippen LogP contribution in [0.1, 0.15) is 12.0 Å². The molecular weight excluding hydrogens is 345 g/mol. The molecule has 134 valence electrons. The van der Waals surface area contributed by atoms with Crippen molar-refractivity contribution < 1.29 is 13.6 Å². The highest BCUT2D eigenvalue weighted by molar-refractivity contribution is 5.95. The lowest BCUT2D eigenvalue weighted by molar-refractivity contribution is -0.116. The SMILES string of the molecule is O=C(CCc1ccccc1)Nc1ccc2c(=O)c3cccc(F)c3oc2c1. The van der Waals surface area contributed by atoms with Crippen molar-refractivity contribution in [3.63, 3.8) is 0 Å². The molecule has 0 atom stereocenters. The Morgan fingerprint density at radius 1 is 0.963 bits per heavy atom. The molecule has 4 aromatic rings. The van der Waals surface area contributed by atoms with E-state index in [1.165, 1.54) is 18.2 Å². The number of amides is 1. The molecule has 1 aromatic heterocycles. The van der Waals surface area contributed by atoms with Crippen LogP contribution in [-0.4, -0.2) is 5.91 Å². The van der Waals surface area contributed by atoms with Gasteiger partial charge in [0.1, 0.15) is 5.58 Å². The van der Waals surface area contributed by atoms with E-state index >= 15 is 0 Å². The number of fused-ring (bicyclic) bond motifs is 2. The lowest BCUT2D eigenvalue weighted by atomic mass is 10.1. The van der Waals surface area contributed by atoms with Crippen LogP contribution >= 0.6 is 0 Å². The Balaban J connectivity index is 1.59. The number of aryl methyl sites for hydroxylation is 1. The van der Waals surface area contributed by atoms with Crippen LogP contribution < -0.4 is 10.7 Å². The van der Waals surface area contributed by atoms with E-state index in [0.29, 0.717) is 23.9 Å². The number of benzene rings is 3. The number of anilines is 1. The van der Waals surface area contributed by atoms with Gasteiger partial charge in [0.05, 0.1) is 10.8 Å². The summed E-state index contributed by atoms with van der Waals surface area (Å²) in [6, 6.07) is 18.8. The van der Waals surface area contributed by atoms with Gasteiger partial charge in [0.25, 0.3) is 0 Å². The zero-order valence-corrected chi connectivity index (χ0v) is 14.4. The molecule has 0 unspecified atom stereocenters. The number of carbonyl (C=O) groups excluding carboxylic acids is 1. The standard InChI is InChI=1S/C22H16FNO3/c23-18-8-4-7-17-21(26)16-11-10-15(13-19(16)27-22(17)18)24-20(25)12-9-14-5-2-1-3-6-14/h1-8,10-11,13H,9,12H2,(H,24,25). The monoisotopic (exact) mass is 361 g/mol. The predicted octanol–water partition coefficient (Wildman–Crippen LogP) is 4.66. The van der Waals surface area contributed by atoms with E-state index in [4.69, 9.17) is 4.42 Å². The van der Waals surface area contributed by atoms with Gasteiger partial charge >= 0.3 is 0 Å². The first kappa shape index (κ1) is 17.0. The molecule has 4 nitrogen and oxygen atoms in total. The van der Waals surface area contributed by atoms with E-state index in [9.17, 15) is 14.0 Å². The first-order valence-electron chi connectivity index (χ1n) is 8.61. The van der Waals surface area contributed by atoms with Crippen molar-refractivity contribution in [3.05, 3.63) is 88.3 Å². The van der Waals surface area contributed by atoms with E-state index < -0.39 is 5.82 Å². The minimum atomic E-state index is -0.594. The van der Waals surface area contributed by atoms with Gasteiger partial charge < -0.3 is 9.73 Å². The normalized spacial score (nSPS) is 11.0. The molecular formula is C22H16FNO3. The molecule has 1 heterocycles. The van der Waals surface area contributed by atoms with Crippen LogP contribution in [0.25, 0.3) is 21.9 Å². The summed E-state index contributed by atoms with van der Waals surface area (Å²) in [6.07, 6.45) is 0.962. The van der Waals surface area contributed by atoms with Gasteiger partial charge in [-0.05, 0) is 36.2 Å². The second-order valence-corrected chi connectivity index (χ2v) is 6.29. The smallest absolute Gasteiger partial charge is 0.224 e. The van der Waals surface area contributed by atoms with E-state index in [2.05, 4.69) is 5.32 Å². The summed E-state index contributed by atoms with van der Waals surface area (Å²) in [5.74, 6) is -0.740. The Bertz CT molecular complexity index is 1200. The number of rotatable bonds is 4. The van der Waals surface area contributed by atoms with E-state index in [0.717, 1.165) is 5.56 Å². The third kappa shape index (κ3) is 3.44. The number of hydrogen-bond acceptors (Lipinski definition) is 3. The molecule has 4 rings (SSSR count). The average molecular weight is 361 g/mol. The second-order valence-electron chi connectivity index (χ2n) is 6.29. The summed E-state index contributed by atoms with van der Waals surface area (Å²) in [7, 11) is 0. The maximum atomic E-state index is 14.0. The van der Waals surface area contributed by atoms with Crippen molar-refractivity contribution in [2.75, 3.05) is 5.32 Å². The molecule has 1 amide bonds. The largest absolute Gasteiger partial charge is 0.453 e. The Morgan fingerprint density at radius 2 is 1.78 bits per heavy atom. The molecule has 0 saturated carbocycles. The highest BCUT2D eigenvalue weighted by Gasteiger charge is 2.12. The quantitative estimate of drug-likeness (QED) is 0.538. The van der Waals surface area contributed by atoms with Gasteiger partial charge in [-0.15, -0.1) is 0 Å². The second kappa shape index (κ2) is 7.03. The number of halogens is 1. The van der Waals surface area contributed by atoms with Gasteiger partial charge in [0, 0.05) is 18.2 Å². The predicted molar refractivity (Wildman–Crippen MR) is 103 cm³/mol.